The summed E-state index contributed by atoms with van der Waals surface area (Å²) in [5, 5.41) is 27.2. The highest BCUT2D eigenvalue weighted by molar-refractivity contribution is 7.86. The molecule has 0 amide bonds. The van der Waals surface area contributed by atoms with Gasteiger partial charge in [0, 0.05) is 0 Å². The smallest absolute Gasteiger partial charge is 0.264 e. The van der Waals surface area contributed by atoms with Gasteiger partial charge in [-0.2, -0.15) is 8.42 Å². The van der Waals surface area contributed by atoms with Gasteiger partial charge in [-0.25, -0.2) is 0 Å². The molecule has 0 aromatic heterocycles. The van der Waals surface area contributed by atoms with Gasteiger partial charge in [0.05, 0.1) is 12.9 Å². The van der Waals surface area contributed by atoms with Crippen LogP contribution in [0.25, 0.3) is 0 Å². The van der Waals surface area contributed by atoms with E-state index in [1.54, 1.807) is 0 Å². The average Bonchev–Trinajstić information content (AvgIpc) is 2.29. The number of hydrogen-bond acceptors (Lipinski definition) is 7. The van der Waals surface area contributed by atoms with Crippen molar-refractivity contribution in [2.75, 3.05) is 12.9 Å². The van der Waals surface area contributed by atoms with Gasteiger partial charge in [-0.1, -0.05) is 0 Å². The summed E-state index contributed by atoms with van der Waals surface area (Å²) in [6, 6.07) is 0. The van der Waals surface area contributed by atoms with E-state index in [4.69, 9.17) is 10.2 Å². The highest BCUT2D eigenvalue weighted by Crippen LogP contribution is 2.23. The van der Waals surface area contributed by atoms with E-state index in [2.05, 4.69) is 8.92 Å². The molecule has 0 aromatic carbocycles. The monoisotopic (exact) mass is 228 g/mol. The molecular formula is C6H12O7S. The minimum atomic E-state index is -3.79. The summed E-state index contributed by atoms with van der Waals surface area (Å²) in [6.45, 7) is -0.526. The van der Waals surface area contributed by atoms with Crippen molar-refractivity contribution >= 4 is 10.1 Å². The standard InChI is InChI=1S/C6H12O7S/c1-14(10,11)13-5-4(8)3(2-7)12-6(5)9/h3-9H,2H2,1H3/t3-,4-,5-,6?/m1/s1. The predicted octanol–water partition coefficient (Wildman–Crippen LogP) is -2.60. The largest absolute Gasteiger partial charge is 0.394 e. The molecule has 1 aliphatic rings. The molecule has 0 bridgehead atoms. The molecule has 1 fully saturated rings. The fraction of sp³-hybridized carbons (Fsp3) is 1.00. The summed E-state index contributed by atoms with van der Waals surface area (Å²) in [7, 11) is -3.79. The Hall–Kier alpha value is -0.250. The van der Waals surface area contributed by atoms with E-state index in [9.17, 15) is 13.5 Å². The maximum Gasteiger partial charge on any atom is 0.264 e. The Morgan fingerprint density at radius 2 is 2.00 bits per heavy atom. The molecule has 4 atom stereocenters. The van der Waals surface area contributed by atoms with Gasteiger partial charge in [0.15, 0.2) is 12.4 Å². The molecule has 0 aromatic rings. The number of aliphatic hydroxyl groups is 3. The first-order chi connectivity index (χ1) is 6.35. The van der Waals surface area contributed by atoms with Crippen molar-refractivity contribution in [2.45, 2.75) is 24.6 Å². The minimum absolute atomic E-state index is 0.526. The van der Waals surface area contributed by atoms with Gasteiger partial charge in [0.2, 0.25) is 0 Å². The summed E-state index contributed by atoms with van der Waals surface area (Å²) in [6.07, 6.45) is -4.56. The molecule has 0 aliphatic carbocycles. The van der Waals surface area contributed by atoms with E-state index in [-0.39, 0.29) is 0 Å². The normalized spacial score (nSPS) is 38.9. The Balaban J connectivity index is 2.70. The van der Waals surface area contributed by atoms with Gasteiger partial charge < -0.3 is 20.1 Å². The second-order valence-corrected chi connectivity index (χ2v) is 4.60. The predicted molar refractivity (Wildman–Crippen MR) is 43.7 cm³/mol. The lowest BCUT2D eigenvalue weighted by Gasteiger charge is -2.15. The van der Waals surface area contributed by atoms with Gasteiger partial charge in [0.1, 0.15) is 12.2 Å². The Bertz CT molecular complexity index is 287. The van der Waals surface area contributed by atoms with E-state index in [1.165, 1.54) is 0 Å². The highest BCUT2D eigenvalue weighted by Gasteiger charge is 2.45. The molecule has 84 valence electrons. The lowest BCUT2D eigenvalue weighted by atomic mass is 10.1. The topological polar surface area (TPSA) is 113 Å². The Morgan fingerprint density at radius 3 is 2.36 bits per heavy atom. The first kappa shape index (κ1) is 11.8. The SMILES string of the molecule is CS(=O)(=O)O[C@H]1C(O)O[C@H](CO)[C@H]1O. The van der Waals surface area contributed by atoms with Crippen LogP contribution in [0.5, 0.6) is 0 Å². The Labute approximate surface area is 81.0 Å². The second kappa shape index (κ2) is 4.09. The van der Waals surface area contributed by atoms with Crippen LogP contribution in [0.2, 0.25) is 0 Å². The summed E-state index contributed by atoms with van der Waals surface area (Å²) in [5.74, 6) is 0. The van der Waals surface area contributed by atoms with Crippen molar-refractivity contribution < 1.29 is 32.7 Å². The maximum absolute atomic E-state index is 10.7. The van der Waals surface area contributed by atoms with Crippen molar-refractivity contribution in [2.24, 2.45) is 0 Å². The second-order valence-electron chi connectivity index (χ2n) is 3.00. The molecule has 0 radical (unpaired) electrons. The minimum Gasteiger partial charge on any atom is -0.394 e. The van der Waals surface area contributed by atoms with E-state index in [0.717, 1.165) is 6.26 Å². The average molecular weight is 228 g/mol. The van der Waals surface area contributed by atoms with Crippen LogP contribution in [0.3, 0.4) is 0 Å². The van der Waals surface area contributed by atoms with Crippen LogP contribution in [0.4, 0.5) is 0 Å². The first-order valence-electron chi connectivity index (χ1n) is 3.86. The molecule has 14 heavy (non-hydrogen) atoms. The highest BCUT2D eigenvalue weighted by atomic mass is 32.2. The van der Waals surface area contributed by atoms with E-state index in [0.29, 0.717) is 0 Å². The van der Waals surface area contributed by atoms with Crippen molar-refractivity contribution in [3.63, 3.8) is 0 Å². The number of hydrogen-bond donors (Lipinski definition) is 3. The van der Waals surface area contributed by atoms with E-state index >= 15 is 0 Å². The fourth-order valence-corrected chi connectivity index (χ4v) is 1.79. The summed E-state index contributed by atoms with van der Waals surface area (Å²) in [5.41, 5.74) is 0. The van der Waals surface area contributed by atoms with Crippen LogP contribution < -0.4 is 0 Å². The summed E-state index contributed by atoms with van der Waals surface area (Å²) >= 11 is 0. The van der Waals surface area contributed by atoms with Crippen LogP contribution in [0.1, 0.15) is 0 Å². The van der Waals surface area contributed by atoms with Crippen LogP contribution in [-0.4, -0.2) is 61.2 Å². The molecular weight excluding hydrogens is 216 g/mol. The third-order valence-corrected chi connectivity index (χ3v) is 2.35. The fourth-order valence-electron chi connectivity index (χ4n) is 1.17. The summed E-state index contributed by atoms with van der Waals surface area (Å²) < 4.78 is 30.5. The maximum atomic E-state index is 10.7. The van der Waals surface area contributed by atoms with Crippen molar-refractivity contribution in [3.8, 4) is 0 Å². The zero-order valence-corrected chi connectivity index (χ0v) is 8.22. The van der Waals surface area contributed by atoms with Gasteiger partial charge in [-0.3, -0.25) is 4.18 Å². The van der Waals surface area contributed by atoms with Gasteiger partial charge in [-0.05, 0) is 0 Å². The molecule has 1 unspecified atom stereocenters. The van der Waals surface area contributed by atoms with Gasteiger partial charge >= 0.3 is 0 Å². The quantitative estimate of drug-likeness (QED) is 0.454. The summed E-state index contributed by atoms with van der Waals surface area (Å²) in [4.78, 5) is 0. The molecule has 1 saturated heterocycles. The molecule has 1 heterocycles. The molecule has 1 rings (SSSR count). The third kappa shape index (κ3) is 2.62. The Kier molecular flexibility index (Phi) is 3.45. The molecule has 0 spiro atoms. The Morgan fingerprint density at radius 1 is 1.43 bits per heavy atom. The van der Waals surface area contributed by atoms with Gasteiger partial charge in [-0.15, -0.1) is 0 Å². The van der Waals surface area contributed by atoms with Crippen molar-refractivity contribution in [1.82, 2.24) is 0 Å². The molecule has 0 saturated carbocycles. The first-order valence-corrected chi connectivity index (χ1v) is 5.67. The van der Waals surface area contributed by atoms with Crippen molar-refractivity contribution in [1.29, 1.82) is 0 Å². The molecule has 7 nitrogen and oxygen atoms in total. The lowest BCUT2D eigenvalue weighted by molar-refractivity contribution is -0.127. The molecule has 3 N–H and O–H groups in total. The lowest BCUT2D eigenvalue weighted by Crippen LogP contribution is -2.37. The van der Waals surface area contributed by atoms with Crippen LogP contribution >= 0.6 is 0 Å². The van der Waals surface area contributed by atoms with Crippen LogP contribution in [0, 0.1) is 0 Å². The van der Waals surface area contributed by atoms with E-state index in [1.807, 2.05) is 0 Å². The zero-order chi connectivity index (χ0) is 10.9. The number of rotatable bonds is 3. The van der Waals surface area contributed by atoms with Crippen LogP contribution in [-0.2, 0) is 19.0 Å². The van der Waals surface area contributed by atoms with Crippen molar-refractivity contribution in [3.05, 3.63) is 0 Å². The molecule has 1 aliphatic heterocycles. The number of ether oxygens (including phenoxy) is 1. The third-order valence-electron chi connectivity index (χ3n) is 1.78. The van der Waals surface area contributed by atoms with Gasteiger partial charge in [0.25, 0.3) is 10.1 Å². The molecule has 8 heteroatoms. The van der Waals surface area contributed by atoms with Crippen LogP contribution in [0.15, 0.2) is 0 Å². The number of aliphatic hydroxyl groups excluding tert-OH is 3. The zero-order valence-electron chi connectivity index (χ0n) is 7.40. The van der Waals surface area contributed by atoms with E-state index < -0.39 is 41.3 Å².